The van der Waals surface area contributed by atoms with Gasteiger partial charge in [0.2, 0.25) is 0 Å². The maximum Gasteiger partial charge on any atom is 0.469 e. The number of ether oxygens (including phenoxy) is 1. The molecule has 1 saturated heterocycles. The summed E-state index contributed by atoms with van der Waals surface area (Å²) in [5, 5.41) is 19.9. The molecule has 5 N–H and O–H groups in total. The van der Waals surface area contributed by atoms with E-state index in [0.717, 1.165) is 6.20 Å². The molecule has 0 amide bonds. The predicted octanol–water partition coefficient (Wildman–Crippen LogP) is -0.760. The molecule has 10 nitrogen and oxygen atoms in total. The number of rotatable bonds is 4. The fraction of sp³-hybridized carbons (Fsp3) is 0.600. The van der Waals surface area contributed by atoms with Gasteiger partial charge in [0, 0.05) is 11.8 Å². The van der Waals surface area contributed by atoms with Crippen LogP contribution in [0, 0.1) is 11.6 Å². The number of alkyl halides is 1. The van der Waals surface area contributed by atoms with Gasteiger partial charge in [0.25, 0.3) is 5.85 Å². The van der Waals surface area contributed by atoms with Gasteiger partial charge in [0.05, 0.1) is 4.11 Å². The summed E-state index contributed by atoms with van der Waals surface area (Å²) >= 11 is 4.80. The van der Waals surface area contributed by atoms with E-state index < -0.39 is 44.3 Å². The third kappa shape index (κ3) is 3.75. The number of phosphoric ester groups is 1. The summed E-state index contributed by atoms with van der Waals surface area (Å²) in [6, 6.07) is 0. The lowest BCUT2D eigenvalue weighted by Crippen LogP contribution is -2.42. The van der Waals surface area contributed by atoms with Crippen LogP contribution in [0.3, 0.4) is 0 Å². The monoisotopic (exact) mass is 375 g/mol. The molecule has 0 unspecified atom stereocenters. The van der Waals surface area contributed by atoms with Crippen LogP contribution in [-0.2, 0) is 13.8 Å². The van der Waals surface area contributed by atoms with E-state index in [1.165, 1.54) is 6.92 Å². The average molecular weight is 375 g/mol. The minimum Gasteiger partial charge on any atom is -0.385 e. The third-order valence-electron chi connectivity index (χ3n) is 2.85. The number of hydrogen-bond donors (Lipinski definition) is 5. The molecule has 0 radical (unpaired) electrons. The number of halogens is 1. The second kappa shape index (κ2) is 6.15. The van der Waals surface area contributed by atoms with Gasteiger partial charge in [0.15, 0.2) is 6.20 Å². The van der Waals surface area contributed by atoms with Crippen molar-refractivity contribution in [2.24, 2.45) is 0 Å². The first kappa shape index (κ1) is 14.4. The van der Waals surface area contributed by atoms with Crippen LogP contribution in [0.5, 0.6) is 0 Å². The van der Waals surface area contributed by atoms with Crippen LogP contribution in [0.1, 0.15) is 15.9 Å². The van der Waals surface area contributed by atoms with Crippen molar-refractivity contribution in [3.63, 3.8) is 0 Å². The standard InChI is InChI=1S/C10H14FN2O8PS/c1-4-2-13(9(16)12-7(4)23)8-5(14)6(15)10(11,21-8)3-20-22(17,18)19/h2,5-6,8,14-15H,3H2,1H3,(H,12,16,23)(H2,17,18,19)/t5-,6+,8-,10-/m1/s1/i3D2,8D. The van der Waals surface area contributed by atoms with Crippen LogP contribution in [-0.4, -0.2) is 54.2 Å². The molecule has 1 aliphatic rings. The largest absolute Gasteiger partial charge is 0.469 e. The van der Waals surface area contributed by atoms with E-state index in [4.69, 9.17) is 26.1 Å². The second-order valence-corrected chi connectivity index (χ2v) is 6.17. The first-order valence-electron chi connectivity index (χ1n) is 7.40. The van der Waals surface area contributed by atoms with Crippen molar-refractivity contribution in [2.45, 2.75) is 31.2 Å². The van der Waals surface area contributed by atoms with Gasteiger partial charge in [-0.1, -0.05) is 12.2 Å². The molecule has 0 aromatic carbocycles. The summed E-state index contributed by atoms with van der Waals surface area (Å²) in [5.41, 5.74) is -0.954. The quantitative estimate of drug-likeness (QED) is 0.337. The van der Waals surface area contributed by atoms with Crippen LogP contribution in [0.2, 0.25) is 0 Å². The number of aliphatic hydroxyl groups excluding tert-OH is 2. The molecule has 23 heavy (non-hydrogen) atoms. The number of aryl methyl sites for hydroxylation is 1. The van der Waals surface area contributed by atoms with Crippen LogP contribution < -0.4 is 5.69 Å². The zero-order chi connectivity index (χ0) is 20.3. The number of nitrogens with zero attached hydrogens (tertiary/aromatic N) is 1. The molecule has 1 fully saturated rings. The summed E-state index contributed by atoms with van der Waals surface area (Å²) in [6.45, 7) is -2.61. The average Bonchev–Trinajstić information content (AvgIpc) is 2.63. The predicted molar refractivity (Wildman–Crippen MR) is 74.6 cm³/mol. The Morgan fingerprint density at radius 3 is 2.87 bits per heavy atom. The van der Waals surface area contributed by atoms with E-state index in [9.17, 15) is 19.6 Å². The fourth-order valence-electron chi connectivity index (χ4n) is 1.74. The van der Waals surface area contributed by atoms with Crippen molar-refractivity contribution in [1.29, 1.82) is 0 Å². The van der Waals surface area contributed by atoms with Crippen LogP contribution in [0.25, 0.3) is 0 Å². The molecule has 0 saturated carbocycles. The van der Waals surface area contributed by atoms with E-state index in [1.54, 1.807) is 0 Å². The molecule has 2 heterocycles. The Morgan fingerprint density at radius 1 is 1.70 bits per heavy atom. The maximum atomic E-state index is 15.0. The molecular weight excluding hydrogens is 358 g/mol. The summed E-state index contributed by atoms with van der Waals surface area (Å²) in [7, 11) is -5.60. The Bertz CT molecular complexity index is 892. The van der Waals surface area contributed by atoms with Crippen LogP contribution in [0.15, 0.2) is 11.0 Å². The highest BCUT2D eigenvalue weighted by molar-refractivity contribution is 7.71. The smallest absolute Gasteiger partial charge is 0.385 e. The molecule has 1 aromatic heterocycles. The van der Waals surface area contributed by atoms with Crippen molar-refractivity contribution in [2.75, 3.05) is 6.56 Å². The van der Waals surface area contributed by atoms with Gasteiger partial charge in [0.1, 0.15) is 23.4 Å². The number of aromatic nitrogens is 2. The zero-order valence-electron chi connectivity index (χ0n) is 14.3. The molecule has 4 atom stereocenters. The lowest BCUT2D eigenvalue weighted by Gasteiger charge is -2.22. The lowest BCUT2D eigenvalue weighted by molar-refractivity contribution is -0.205. The zero-order valence-corrected chi connectivity index (χ0v) is 13.0. The molecule has 1 aliphatic heterocycles. The fourth-order valence-corrected chi connectivity index (χ4v) is 2.12. The van der Waals surface area contributed by atoms with Gasteiger partial charge in [-0.3, -0.25) is 14.1 Å². The number of aromatic amines is 1. The highest BCUT2D eigenvalue weighted by atomic mass is 32.1. The van der Waals surface area contributed by atoms with E-state index in [2.05, 4.69) is 14.2 Å². The Labute approximate surface area is 137 Å². The Kier molecular flexibility index (Phi) is 3.84. The molecule has 0 aliphatic carbocycles. The number of H-pyrrole nitrogens is 1. The minimum atomic E-state index is -5.60. The summed E-state index contributed by atoms with van der Waals surface area (Å²) in [6.07, 6.45) is -7.61. The highest BCUT2D eigenvalue weighted by Crippen LogP contribution is 2.43. The SMILES string of the molecule is [2H]C([2H])(OP(=O)(O)O)[C@@]1(F)O[C@@]([2H])(n2cc(C)c(=S)[nH]c2=O)[C@H](O)[C@@H]1O. The topological polar surface area (TPSA) is 154 Å². The Morgan fingerprint density at radius 2 is 2.30 bits per heavy atom. The van der Waals surface area contributed by atoms with Crippen LogP contribution >= 0.6 is 20.0 Å². The molecule has 13 heteroatoms. The molecule has 130 valence electrons. The second-order valence-electron chi connectivity index (χ2n) is 4.60. The highest BCUT2D eigenvalue weighted by Gasteiger charge is 2.57. The summed E-state index contributed by atoms with van der Waals surface area (Å²) < 4.78 is 57.1. The molecule has 0 bridgehead atoms. The third-order valence-corrected chi connectivity index (χ3v) is 3.60. The first-order valence-corrected chi connectivity index (χ1v) is 7.83. The lowest BCUT2D eigenvalue weighted by atomic mass is 10.1. The molecule has 0 spiro atoms. The van der Waals surface area contributed by atoms with Gasteiger partial charge in [-0.25, -0.2) is 13.8 Å². The van der Waals surface area contributed by atoms with Gasteiger partial charge in [-0.2, -0.15) is 0 Å². The van der Waals surface area contributed by atoms with Gasteiger partial charge in [-0.05, 0) is 6.92 Å². The summed E-state index contributed by atoms with van der Waals surface area (Å²) in [5.74, 6) is -4.12. The minimum absolute atomic E-state index is 0.0328. The number of hydrogen-bond acceptors (Lipinski definition) is 7. The summed E-state index contributed by atoms with van der Waals surface area (Å²) in [4.78, 5) is 31.5. The van der Waals surface area contributed by atoms with Gasteiger partial charge in [-0.15, -0.1) is 0 Å². The Balaban J connectivity index is 2.59. The normalized spacial score (nSPS) is 37.2. The van der Waals surface area contributed by atoms with Crippen molar-refractivity contribution < 1.29 is 42.3 Å². The number of phosphoric acid groups is 1. The first-order chi connectivity index (χ1) is 11.5. The van der Waals surface area contributed by atoms with Gasteiger partial charge < -0.3 is 24.7 Å². The van der Waals surface area contributed by atoms with Gasteiger partial charge >= 0.3 is 13.5 Å². The van der Waals surface area contributed by atoms with Crippen LogP contribution in [0.4, 0.5) is 4.39 Å². The molecule has 2 rings (SSSR count). The number of aliphatic hydroxyl groups is 2. The van der Waals surface area contributed by atoms with Crippen molar-refractivity contribution >= 4 is 20.0 Å². The number of nitrogens with one attached hydrogen (secondary N) is 1. The van der Waals surface area contributed by atoms with E-state index in [1.807, 2.05) is 0 Å². The van der Waals surface area contributed by atoms with Crippen molar-refractivity contribution in [3.05, 3.63) is 26.9 Å². The van der Waals surface area contributed by atoms with Crippen molar-refractivity contribution in [1.82, 2.24) is 9.55 Å². The Hall–Kier alpha value is -0.980. The molecule has 1 aromatic rings. The molecular formula is C10H14FN2O8PS. The van der Waals surface area contributed by atoms with E-state index >= 15 is 4.39 Å². The van der Waals surface area contributed by atoms with E-state index in [0.29, 0.717) is 4.57 Å². The maximum absolute atomic E-state index is 15.0. The van der Waals surface area contributed by atoms with Crippen molar-refractivity contribution in [3.8, 4) is 0 Å². The van der Waals surface area contributed by atoms with E-state index in [-0.39, 0.29) is 10.2 Å².